The average molecular weight is 214 g/mol. The van der Waals surface area contributed by atoms with Crippen molar-refractivity contribution in [2.24, 2.45) is 5.41 Å². The zero-order valence-corrected chi connectivity index (χ0v) is 9.75. The molecule has 0 atom stereocenters. The Kier molecular flexibility index (Phi) is 5.19. The fourth-order valence-corrected chi connectivity index (χ4v) is 1.03. The second-order valence-corrected chi connectivity index (χ2v) is 3.97. The van der Waals surface area contributed by atoms with Gasteiger partial charge >= 0.3 is 5.97 Å². The molecule has 0 unspecified atom stereocenters. The molecule has 0 aliphatic rings. The van der Waals surface area contributed by atoms with E-state index in [0.29, 0.717) is 0 Å². The van der Waals surface area contributed by atoms with Crippen molar-refractivity contribution in [2.45, 2.75) is 40.5 Å². The highest BCUT2D eigenvalue weighted by Crippen LogP contribution is 2.21. The van der Waals surface area contributed by atoms with E-state index in [2.05, 4.69) is 0 Å². The van der Waals surface area contributed by atoms with E-state index in [1.54, 1.807) is 6.92 Å². The van der Waals surface area contributed by atoms with Gasteiger partial charge in [-0.2, -0.15) is 0 Å². The van der Waals surface area contributed by atoms with Gasteiger partial charge in [0.15, 0.2) is 0 Å². The molecular formula is C11H18O4. The van der Waals surface area contributed by atoms with E-state index >= 15 is 0 Å². The minimum atomic E-state index is -1.15. The molecule has 0 amide bonds. The summed E-state index contributed by atoms with van der Waals surface area (Å²) in [6.07, 6.45) is 0.281. The van der Waals surface area contributed by atoms with Gasteiger partial charge in [-0.25, -0.2) is 0 Å². The smallest absolute Gasteiger partial charge is 0.319 e. The second kappa shape index (κ2) is 5.63. The standard InChI is InChI=1S/C11H18O4/c1-5-15-10(14)11(3,4)9(13)7-6-8(2)12/h5-7H2,1-4H3. The Bertz CT molecular complexity index is 266. The fraction of sp³-hybridized carbons (Fsp3) is 0.727. The summed E-state index contributed by atoms with van der Waals surface area (Å²) in [6.45, 7) is 6.40. The molecule has 0 N–H and O–H groups in total. The summed E-state index contributed by atoms with van der Waals surface area (Å²) < 4.78 is 4.79. The lowest BCUT2D eigenvalue weighted by Crippen LogP contribution is -2.35. The van der Waals surface area contributed by atoms with Crippen molar-refractivity contribution in [1.29, 1.82) is 0 Å². The van der Waals surface area contributed by atoms with Gasteiger partial charge in [0.25, 0.3) is 0 Å². The second-order valence-electron chi connectivity index (χ2n) is 3.97. The van der Waals surface area contributed by atoms with E-state index in [9.17, 15) is 14.4 Å². The van der Waals surface area contributed by atoms with Gasteiger partial charge < -0.3 is 9.53 Å². The molecule has 0 aromatic rings. The molecular weight excluding hydrogens is 196 g/mol. The first-order valence-corrected chi connectivity index (χ1v) is 5.02. The summed E-state index contributed by atoms with van der Waals surface area (Å²) >= 11 is 0. The van der Waals surface area contributed by atoms with Gasteiger partial charge in [-0.05, 0) is 27.7 Å². The summed E-state index contributed by atoms with van der Waals surface area (Å²) in [5.41, 5.74) is -1.15. The molecule has 0 bridgehead atoms. The Morgan fingerprint density at radius 3 is 2.07 bits per heavy atom. The highest BCUT2D eigenvalue weighted by molar-refractivity contribution is 6.03. The van der Waals surface area contributed by atoms with Gasteiger partial charge in [0, 0.05) is 12.8 Å². The minimum Gasteiger partial charge on any atom is -0.465 e. The molecule has 0 aliphatic heterocycles. The van der Waals surface area contributed by atoms with Crippen LogP contribution in [0, 0.1) is 5.41 Å². The molecule has 0 saturated carbocycles. The van der Waals surface area contributed by atoms with Crippen LogP contribution < -0.4 is 0 Å². The Labute approximate surface area is 90.0 Å². The summed E-state index contributed by atoms with van der Waals surface area (Å²) in [5.74, 6) is -0.835. The predicted molar refractivity (Wildman–Crippen MR) is 55.3 cm³/mol. The highest BCUT2D eigenvalue weighted by Gasteiger charge is 2.36. The van der Waals surface area contributed by atoms with Crippen LogP contribution in [0.4, 0.5) is 0 Å². The number of hydrogen-bond acceptors (Lipinski definition) is 4. The lowest BCUT2D eigenvalue weighted by Gasteiger charge is -2.20. The zero-order valence-electron chi connectivity index (χ0n) is 9.75. The maximum Gasteiger partial charge on any atom is 0.319 e. The van der Waals surface area contributed by atoms with Gasteiger partial charge in [0.05, 0.1) is 6.61 Å². The third-order valence-electron chi connectivity index (χ3n) is 2.19. The van der Waals surface area contributed by atoms with Crippen LogP contribution in [0.2, 0.25) is 0 Å². The van der Waals surface area contributed by atoms with E-state index in [1.807, 2.05) is 0 Å². The first kappa shape index (κ1) is 13.8. The van der Waals surface area contributed by atoms with Gasteiger partial charge in [-0.15, -0.1) is 0 Å². The Hall–Kier alpha value is -1.19. The summed E-state index contributed by atoms with van der Waals surface area (Å²) in [6, 6.07) is 0. The third-order valence-corrected chi connectivity index (χ3v) is 2.19. The molecule has 4 heteroatoms. The molecule has 0 aromatic carbocycles. The molecule has 0 fully saturated rings. The van der Waals surface area contributed by atoms with E-state index in [1.165, 1.54) is 20.8 Å². The van der Waals surface area contributed by atoms with Crippen LogP contribution in [-0.4, -0.2) is 24.1 Å². The van der Waals surface area contributed by atoms with E-state index in [-0.39, 0.29) is 31.0 Å². The first-order chi connectivity index (χ1) is 6.82. The highest BCUT2D eigenvalue weighted by atomic mass is 16.5. The first-order valence-electron chi connectivity index (χ1n) is 5.02. The zero-order chi connectivity index (χ0) is 12.1. The number of ether oxygens (including phenoxy) is 1. The average Bonchev–Trinajstić information content (AvgIpc) is 2.14. The molecule has 0 spiro atoms. The van der Waals surface area contributed by atoms with Crippen LogP contribution in [0.1, 0.15) is 40.5 Å². The van der Waals surface area contributed by atoms with Gasteiger partial charge in [0.1, 0.15) is 17.0 Å². The number of carbonyl (C=O) groups is 3. The number of rotatable bonds is 6. The maximum atomic E-state index is 11.6. The molecule has 15 heavy (non-hydrogen) atoms. The molecule has 0 aromatic heterocycles. The number of Topliss-reactive ketones (excluding diaryl/α,β-unsaturated/α-hetero) is 2. The Morgan fingerprint density at radius 1 is 1.13 bits per heavy atom. The Balaban J connectivity index is 4.37. The number of carbonyl (C=O) groups excluding carboxylic acids is 3. The molecule has 0 heterocycles. The quantitative estimate of drug-likeness (QED) is 0.496. The van der Waals surface area contributed by atoms with Crippen LogP contribution in [0.15, 0.2) is 0 Å². The van der Waals surface area contributed by atoms with Crippen LogP contribution >= 0.6 is 0 Å². The maximum absolute atomic E-state index is 11.6. The fourth-order valence-electron chi connectivity index (χ4n) is 1.03. The van der Waals surface area contributed by atoms with Gasteiger partial charge in [-0.1, -0.05) is 0 Å². The van der Waals surface area contributed by atoms with Crippen molar-refractivity contribution < 1.29 is 19.1 Å². The molecule has 0 rings (SSSR count). The normalized spacial score (nSPS) is 10.9. The minimum absolute atomic E-state index is 0.0528. The van der Waals surface area contributed by atoms with Crippen LogP contribution in [0.3, 0.4) is 0 Å². The summed E-state index contributed by atoms with van der Waals surface area (Å²) in [7, 11) is 0. The van der Waals surface area contributed by atoms with Crippen LogP contribution in [0.5, 0.6) is 0 Å². The molecule has 0 radical (unpaired) electrons. The van der Waals surface area contributed by atoms with Crippen LogP contribution in [0.25, 0.3) is 0 Å². The molecule has 0 aliphatic carbocycles. The summed E-state index contributed by atoms with van der Waals surface area (Å²) in [4.78, 5) is 33.8. The van der Waals surface area contributed by atoms with Crippen molar-refractivity contribution in [3.63, 3.8) is 0 Å². The predicted octanol–water partition coefficient (Wildman–Crippen LogP) is 1.51. The van der Waals surface area contributed by atoms with Crippen molar-refractivity contribution in [1.82, 2.24) is 0 Å². The SMILES string of the molecule is CCOC(=O)C(C)(C)C(=O)CCC(C)=O. The lowest BCUT2D eigenvalue weighted by molar-refractivity contribution is -0.158. The van der Waals surface area contributed by atoms with E-state index in [0.717, 1.165) is 0 Å². The largest absolute Gasteiger partial charge is 0.465 e. The Morgan fingerprint density at radius 2 is 1.67 bits per heavy atom. The molecule has 4 nitrogen and oxygen atoms in total. The third kappa shape index (κ3) is 4.23. The number of ketones is 2. The molecule has 86 valence electrons. The van der Waals surface area contributed by atoms with Gasteiger partial charge in [0.2, 0.25) is 0 Å². The monoisotopic (exact) mass is 214 g/mol. The van der Waals surface area contributed by atoms with Crippen molar-refractivity contribution in [2.75, 3.05) is 6.61 Å². The van der Waals surface area contributed by atoms with Crippen molar-refractivity contribution in [3.8, 4) is 0 Å². The van der Waals surface area contributed by atoms with Gasteiger partial charge in [-0.3, -0.25) is 9.59 Å². The van der Waals surface area contributed by atoms with Crippen molar-refractivity contribution in [3.05, 3.63) is 0 Å². The summed E-state index contributed by atoms with van der Waals surface area (Å²) in [5, 5.41) is 0. The van der Waals surface area contributed by atoms with Crippen LogP contribution in [-0.2, 0) is 19.1 Å². The lowest BCUT2D eigenvalue weighted by atomic mass is 9.85. The van der Waals surface area contributed by atoms with E-state index in [4.69, 9.17) is 4.74 Å². The molecule has 0 saturated heterocycles. The number of hydrogen-bond donors (Lipinski definition) is 0. The number of esters is 1. The van der Waals surface area contributed by atoms with Crippen molar-refractivity contribution >= 4 is 17.5 Å². The topological polar surface area (TPSA) is 60.4 Å². The van der Waals surface area contributed by atoms with E-state index < -0.39 is 11.4 Å².